The van der Waals surface area contributed by atoms with Crippen LogP contribution in [-0.2, 0) is 0 Å². The first-order valence-electron chi connectivity index (χ1n) is 11.1. The molecule has 2 fully saturated rings. The summed E-state index contributed by atoms with van der Waals surface area (Å²) in [5.74, 6) is -0.959. The maximum atomic E-state index is 14.0. The van der Waals surface area contributed by atoms with E-state index in [1.807, 2.05) is 30.0 Å². The Labute approximate surface area is 193 Å². The molecule has 10 heteroatoms. The van der Waals surface area contributed by atoms with E-state index in [1.54, 1.807) is 12.4 Å². The maximum absolute atomic E-state index is 14.0. The van der Waals surface area contributed by atoms with Crippen LogP contribution in [0.2, 0.25) is 0 Å². The predicted octanol–water partition coefficient (Wildman–Crippen LogP) is 3.15. The van der Waals surface area contributed by atoms with Crippen molar-refractivity contribution in [2.24, 2.45) is 5.92 Å². The van der Waals surface area contributed by atoms with Gasteiger partial charge in [-0.3, -0.25) is 4.79 Å². The highest BCUT2D eigenvalue weighted by molar-refractivity contribution is 5.98. The van der Waals surface area contributed by atoms with Gasteiger partial charge >= 0.3 is 0 Å². The second-order valence-electron chi connectivity index (χ2n) is 8.82. The number of hydrogen-bond donors (Lipinski definition) is 0. The molecule has 34 heavy (non-hydrogen) atoms. The molecule has 0 N–H and O–H groups in total. The normalized spacial score (nSPS) is 19.7. The summed E-state index contributed by atoms with van der Waals surface area (Å²) in [6.07, 6.45) is 5.52. The molecule has 2 saturated heterocycles. The van der Waals surface area contributed by atoms with Gasteiger partial charge in [0.15, 0.2) is 11.6 Å². The van der Waals surface area contributed by atoms with Gasteiger partial charge in [0.05, 0.1) is 41.4 Å². The van der Waals surface area contributed by atoms with Gasteiger partial charge < -0.3 is 9.80 Å². The van der Waals surface area contributed by atoms with Gasteiger partial charge in [0.2, 0.25) is 0 Å². The average molecular weight is 461 g/mol. The minimum absolute atomic E-state index is 0.0663. The SMILES string of the molecule is Cc1ccc(-n2nccn2)c(C(=O)N2CC[C@H]3CN(c4cnc5c(F)c(F)ccc5n4)[C@H]3C2)c1. The molecule has 4 heterocycles. The number of aromatic nitrogens is 5. The Kier molecular flexibility index (Phi) is 4.75. The second kappa shape index (κ2) is 7.82. The summed E-state index contributed by atoms with van der Waals surface area (Å²) in [7, 11) is 0. The fourth-order valence-electron chi connectivity index (χ4n) is 4.91. The quantitative estimate of drug-likeness (QED) is 0.466. The molecule has 2 atom stereocenters. The monoisotopic (exact) mass is 461 g/mol. The van der Waals surface area contributed by atoms with Crippen LogP contribution in [0.1, 0.15) is 22.3 Å². The summed E-state index contributed by atoms with van der Waals surface area (Å²) >= 11 is 0. The number of anilines is 1. The molecule has 0 unspecified atom stereocenters. The van der Waals surface area contributed by atoms with Gasteiger partial charge in [-0.25, -0.2) is 18.7 Å². The van der Waals surface area contributed by atoms with E-state index < -0.39 is 11.6 Å². The highest BCUT2D eigenvalue weighted by atomic mass is 19.2. The number of benzene rings is 2. The van der Waals surface area contributed by atoms with Crippen molar-refractivity contribution in [3.63, 3.8) is 0 Å². The number of aryl methyl sites for hydroxylation is 1. The topological polar surface area (TPSA) is 80.0 Å². The molecule has 0 aliphatic carbocycles. The van der Waals surface area contributed by atoms with Crippen molar-refractivity contribution in [2.75, 3.05) is 24.5 Å². The predicted molar refractivity (Wildman–Crippen MR) is 121 cm³/mol. The molecule has 172 valence electrons. The first-order valence-corrected chi connectivity index (χ1v) is 11.1. The van der Waals surface area contributed by atoms with Gasteiger partial charge in [-0.15, -0.1) is 0 Å². The lowest BCUT2D eigenvalue weighted by atomic mass is 9.82. The zero-order valence-corrected chi connectivity index (χ0v) is 18.4. The molecule has 2 aliphatic heterocycles. The number of fused-ring (bicyclic) bond motifs is 2. The fraction of sp³-hybridized carbons (Fsp3) is 0.292. The molecular formula is C24H21F2N7O. The molecule has 2 aliphatic rings. The van der Waals surface area contributed by atoms with E-state index >= 15 is 0 Å². The molecule has 4 aromatic rings. The van der Waals surface area contributed by atoms with Crippen molar-refractivity contribution in [1.82, 2.24) is 29.9 Å². The van der Waals surface area contributed by atoms with Gasteiger partial charge in [0, 0.05) is 25.6 Å². The number of hydrogen-bond acceptors (Lipinski definition) is 6. The van der Waals surface area contributed by atoms with Crippen LogP contribution in [0.5, 0.6) is 0 Å². The highest BCUT2D eigenvalue weighted by Gasteiger charge is 2.44. The molecular weight excluding hydrogens is 440 g/mol. The zero-order chi connectivity index (χ0) is 23.4. The van der Waals surface area contributed by atoms with Crippen LogP contribution in [0.15, 0.2) is 48.9 Å². The van der Waals surface area contributed by atoms with E-state index in [0.29, 0.717) is 41.6 Å². The summed E-state index contributed by atoms with van der Waals surface area (Å²) in [5.41, 5.74) is 2.40. The first kappa shape index (κ1) is 20.6. The minimum atomic E-state index is -0.992. The van der Waals surface area contributed by atoms with Crippen molar-refractivity contribution in [3.05, 3.63) is 71.7 Å². The zero-order valence-electron chi connectivity index (χ0n) is 18.4. The van der Waals surface area contributed by atoms with Crippen LogP contribution in [0.3, 0.4) is 0 Å². The van der Waals surface area contributed by atoms with Crippen LogP contribution in [0.25, 0.3) is 16.7 Å². The second-order valence-corrected chi connectivity index (χ2v) is 8.82. The molecule has 0 saturated carbocycles. The first-order chi connectivity index (χ1) is 16.5. The van der Waals surface area contributed by atoms with Crippen molar-refractivity contribution >= 4 is 22.8 Å². The van der Waals surface area contributed by atoms with Gasteiger partial charge in [-0.05, 0) is 37.6 Å². The van der Waals surface area contributed by atoms with Gasteiger partial charge in [-0.1, -0.05) is 11.6 Å². The Morgan fingerprint density at radius 3 is 2.74 bits per heavy atom. The van der Waals surface area contributed by atoms with Crippen LogP contribution in [0.4, 0.5) is 14.6 Å². The fourth-order valence-corrected chi connectivity index (χ4v) is 4.91. The lowest BCUT2D eigenvalue weighted by Crippen LogP contribution is -2.65. The molecule has 0 bridgehead atoms. The highest BCUT2D eigenvalue weighted by Crippen LogP contribution is 2.36. The summed E-state index contributed by atoms with van der Waals surface area (Å²) in [6.45, 7) is 3.95. The van der Waals surface area contributed by atoms with Crippen molar-refractivity contribution < 1.29 is 13.6 Å². The molecule has 0 radical (unpaired) electrons. The average Bonchev–Trinajstić information content (AvgIpc) is 3.36. The van der Waals surface area contributed by atoms with Crippen LogP contribution in [0, 0.1) is 24.5 Å². The number of carbonyl (C=O) groups excluding carboxylic acids is 1. The standard InChI is InChI=1S/C24H21F2N7O/c1-14-2-5-19(33-28-7-8-29-33)16(10-14)24(34)31-9-6-15-12-32(20(15)13-31)21-11-27-23-18(30-21)4-3-17(25)22(23)26/h2-5,7-8,10-11,15,20H,6,9,12-13H2,1H3/t15-,20-/m0/s1. The van der Waals surface area contributed by atoms with E-state index in [9.17, 15) is 13.6 Å². The van der Waals surface area contributed by atoms with Gasteiger partial charge in [0.1, 0.15) is 11.3 Å². The van der Waals surface area contributed by atoms with Crippen molar-refractivity contribution in [3.8, 4) is 5.69 Å². The van der Waals surface area contributed by atoms with E-state index in [4.69, 9.17) is 0 Å². The molecule has 0 spiro atoms. The van der Waals surface area contributed by atoms with E-state index in [2.05, 4.69) is 25.1 Å². The van der Waals surface area contributed by atoms with Crippen LogP contribution < -0.4 is 4.90 Å². The molecule has 2 aromatic heterocycles. The van der Waals surface area contributed by atoms with E-state index in [-0.39, 0.29) is 17.5 Å². The number of carbonyl (C=O) groups is 1. The Hall–Kier alpha value is -3.95. The lowest BCUT2D eigenvalue weighted by Gasteiger charge is -2.53. The summed E-state index contributed by atoms with van der Waals surface area (Å²) < 4.78 is 27.5. The Morgan fingerprint density at radius 1 is 1.09 bits per heavy atom. The van der Waals surface area contributed by atoms with Crippen LogP contribution >= 0.6 is 0 Å². The largest absolute Gasteiger partial charge is 0.350 e. The molecule has 6 rings (SSSR count). The number of nitrogens with zero attached hydrogens (tertiary/aromatic N) is 7. The van der Waals surface area contributed by atoms with Gasteiger partial charge in [0.25, 0.3) is 5.91 Å². The molecule has 2 aromatic carbocycles. The number of halogens is 2. The van der Waals surface area contributed by atoms with Crippen molar-refractivity contribution in [1.29, 1.82) is 0 Å². The maximum Gasteiger partial charge on any atom is 0.256 e. The van der Waals surface area contributed by atoms with E-state index in [1.165, 1.54) is 17.1 Å². The number of likely N-dealkylation sites (tertiary alicyclic amines) is 1. The van der Waals surface area contributed by atoms with Crippen LogP contribution in [-0.4, -0.2) is 61.4 Å². The minimum Gasteiger partial charge on any atom is -0.350 e. The third kappa shape index (κ3) is 3.28. The molecule has 1 amide bonds. The number of piperidine rings is 1. The number of amides is 1. The Balaban J connectivity index is 1.26. The number of rotatable bonds is 3. The smallest absolute Gasteiger partial charge is 0.256 e. The molecule has 8 nitrogen and oxygen atoms in total. The summed E-state index contributed by atoms with van der Waals surface area (Å²) in [5, 5.41) is 8.38. The summed E-state index contributed by atoms with van der Waals surface area (Å²) in [6, 6.07) is 8.24. The Morgan fingerprint density at radius 2 is 1.91 bits per heavy atom. The third-order valence-electron chi connectivity index (χ3n) is 6.74. The van der Waals surface area contributed by atoms with E-state index in [0.717, 1.165) is 24.6 Å². The Bertz CT molecular complexity index is 1410. The van der Waals surface area contributed by atoms with Crippen molar-refractivity contribution in [2.45, 2.75) is 19.4 Å². The van der Waals surface area contributed by atoms with Gasteiger partial charge in [-0.2, -0.15) is 15.0 Å². The lowest BCUT2D eigenvalue weighted by molar-refractivity contribution is 0.0590. The summed E-state index contributed by atoms with van der Waals surface area (Å²) in [4.78, 5) is 27.6. The third-order valence-corrected chi connectivity index (χ3v) is 6.74.